The summed E-state index contributed by atoms with van der Waals surface area (Å²) in [5, 5.41) is 15.3. The van der Waals surface area contributed by atoms with E-state index in [0.717, 1.165) is 37.2 Å². The van der Waals surface area contributed by atoms with Crippen LogP contribution in [0, 0.1) is 17.2 Å². The van der Waals surface area contributed by atoms with Crippen LogP contribution < -0.4 is 5.73 Å². The van der Waals surface area contributed by atoms with Crippen molar-refractivity contribution in [1.82, 2.24) is 24.6 Å². The summed E-state index contributed by atoms with van der Waals surface area (Å²) in [6.07, 6.45) is 8.40. The van der Waals surface area contributed by atoms with E-state index in [9.17, 15) is 5.26 Å². The minimum atomic E-state index is -0.249. The monoisotopic (exact) mass is 545 g/mol. The van der Waals surface area contributed by atoms with E-state index in [2.05, 4.69) is 34.1 Å². The third-order valence-corrected chi connectivity index (χ3v) is 8.11. The van der Waals surface area contributed by atoms with Crippen molar-refractivity contribution in [2.45, 2.75) is 57.7 Å². The molecule has 36 heavy (non-hydrogen) atoms. The van der Waals surface area contributed by atoms with Gasteiger partial charge in [0.1, 0.15) is 11.6 Å². The van der Waals surface area contributed by atoms with Gasteiger partial charge in [0.2, 0.25) is 0 Å². The highest BCUT2D eigenvalue weighted by Crippen LogP contribution is 2.36. The third kappa shape index (κ3) is 4.85. The van der Waals surface area contributed by atoms with Gasteiger partial charge in [-0.2, -0.15) is 10.4 Å². The van der Waals surface area contributed by atoms with Gasteiger partial charge in [0.25, 0.3) is 0 Å². The first-order chi connectivity index (χ1) is 16.9. The van der Waals surface area contributed by atoms with Crippen LogP contribution in [0.15, 0.2) is 30.5 Å². The van der Waals surface area contributed by atoms with Crippen molar-refractivity contribution < 1.29 is 0 Å². The fourth-order valence-electron chi connectivity index (χ4n) is 5.66. The SMILES string of the molecule is C[C@@H]1CC(c2cnc3c(C#N)nn([C@H](C)c4ccc(Cl)cc4Cl)c3n2)=CC[C@@H]1N1CCC[C@H]1CN.Cl. The van der Waals surface area contributed by atoms with Gasteiger partial charge in [0.15, 0.2) is 11.3 Å². The van der Waals surface area contributed by atoms with Gasteiger partial charge in [0, 0.05) is 28.7 Å². The number of likely N-dealkylation sites (tertiary alicyclic amines) is 1. The van der Waals surface area contributed by atoms with Gasteiger partial charge in [-0.25, -0.2) is 14.6 Å². The molecule has 1 saturated heterocycles. The van der Waals surface area contributed by atoms with Gasteiger partial charge in [-0.15, -0.1) is 12.4 Å². The van der Waals surface area contributed by atoms with Crippen LogP contribution in [0.25, 0.3) is 16.7 Å². The molecule has 1 fully saturated rings. The smallest absolute Gasteiger partial charge is 0.190 e. The Morgan fingerprint density at radius 2 is 2.11 bits per heavy atom. The van der Waals surface area contributed by atoms with E-state index in [4.69, 9.17) is 33.9 Å². The molecule has 190 valence electrons. The number of rotatable bonds is 5. The molecule has 3 aromatic rings. The summed E-state index contributed by atoms with van der Waals surface area (Å²) in [4.78, 5) is 12.2. The van der Waals surface area contributed by atoms with E-state index in [-0.39, 0.29) is 24.1 Å². The lowest BCUT2D eigenvalue weighted by atomic mass is 9.83. The van der Waals surface area contributed by atoms with E-state index < -0.39 is 0 Å². The zero-order valence-electron chi connectivity index (χ0n) is 20.4. The highest BCUT2D eigenvalue weighted by molar-refractivity contribution is 6.35. The largest absolute Gasteiger partial charge is 0.329 e. The molecule has 1 aromatic carbocycles. The number of nitrogens with two attached hydrogens (primary N) is 1. The molecule has 0 radical (unpaired) electrons. The molecule has 0 spiro atoms. The summed E-state index contributed by atoms with van der Waals surface area (Å²) in [5.41, 5.74) is 10.2. The van der Waals surface area contributed by atoms with Gasteiger partial charge in [-0.05, 0) is 68.3 Å². The molecule has 0 saturated carbocycles. The van der Waals surface area contributed by atoms with Crippen LogP contribution >= 0.6 is 35.6 Å². The normalized spacial score (nSPS) is 23.2. The van der Waals surface area contributed by atoms with Crippen molar-refractivity contribution >= 4 is 52.3 Å². The number of nitriles is 1. The standard InChI is InChI=1S/C26H29Cl2N7.ClH/c1-15-10-17(5-8-24(15)34-9-3-4-19(34)12-29)23-14-31-25-22(13-30)33-35(26(25)32-23)16(2)20-7-6-18(27)11-21(20)28;/h5-7,11,14-16,19,24H,3-4,8-10,12,29H2,1-2H3;1H/t15-,16-,19+,24+;/m1./s1. The van der Waals surface area contributed by atoms with Crippen molar-refractivity contribution in [2.75, 3.05) is 13.1 Å². The highest BCUT2D eigenvalue weighted by Gasteiger charge is 2.35. The van der Waals surface area contributed by atoms with Crippen LogP contribution in [0.2, 0.25) is 10.0 Å². The molecule has 0 unspecified atom stereocenters. The fraction of sp³-hybridized carbons (Fsp3) is 0.462. The second kappa shape index (κ2) is 11.0. The second-order valence-electron chi connectivity index (χ2n) is 9.66. The first-order valence-electron chi connectivity index (χ1n) is 12.2. The molecule has 7 nitrogen and oxygen atoms in total. The molecule has 2 N–H and O–H groups in total. The Morgan fingerprint density at radius 1 is 1.31 bits per heavy atom. The van der Waals surface area contributed by atoms with Gasteiger partial charge in [-0.1, -0.05) is 42.3 Å². The summed E-state index contributed by atoms with van der Waals surface area (Å²) >= 11 is 12.6. The molecule has 4 atom stereocenters. The number of halogens is 3. The molecule has 0 amide bonds. The van der Waals surface area contributed by atoms with Gasteiger partial charge >= 0.3 is 0 Å². The van der Waals surface area contributed by atoms with Crippen LogP contribution in [0.3, 0.4) is 0 Å². The van der Waals surface area contributed by atoms with Crippen molar-refractivity contribution in [3.05, 3.63) is 57.5 Å². The van der Waals surface area contributed by atoms with Crippen LogP contribution in [0.4, 0.5) is 0 Å². The van der Waals surface area contributed by atoms with Crippen LogP contribution in [0.5, 0.6) is 0 Å². The summed E-state index contributed by atoms with van der Waals surface area (Å²) in [6.45, 7) is 6.15. The van der Waals surface area contributed by atoms with Crippen molar-refractivity contribution in [3.8, 4) is 6.07 Å². The average molecular weight is 547 g/mol. The predicted molar refractivity (Wildman–Crippen MR) is 147 cm³/mol. The Balaban J connectivity index is 0.00000304. The van der Waals surface area contributed by atoms with Gasteiger partial charge in [0.05, 0.1) is 17.9 Å². The minimum Gasteiger partial charge on any atom is -0.329 e. The molecular formula is C26H30Cl3N7. The number of benzene rings is 1. The second-order valence-corrected chi connectivity index (χ2v) is 10.5. The lowest BCUT2D eigenvalue weighted by Gasteiger charge is -2.38. The quantitative estimate of drug-likeness (QED) is 0.445. The van der Waals surface area contributed by atoms with Crippen molar-refractivity contribution in [3.63, 3.8) is 0 Å². The zero-order valence-corrected chi connectivity index (χ0v) is 22.7. The number of aromatic nitrogens is 4. The Labute approximate surface area is 227 Å². The van der Waals surface area contributed by atoms with Crippen LogP contribution in [-0.2, 0) is 0 Å². The first-order valence-corrected chi connectivity index (χ1v) is 12.9. The van der Waals surface area contributed by atoms with Crippen LogP contribution in [0.1, 0.15) is 62.5 Å². The summed E-state index contributed by atoms with van der Waals surface area (Å²) in [7, 11) is 0. The van der Waals surface area contributed by atoms with E-state index in [0.29, 0.717) is 39.2 Å². The van der Waals surface area contributed by atoms with Gasteiger partial charge < -0.3 is 5.73 Å². The summed E-state index contributed by atoms with van der Waals surface area (Å²) < 4.78 is 1.74. The maximum Gasteiger partial charge on any atom is 0.190 e. The van der Waals surface area contributed by atoms with E-state index >= 15 is 0 Å². The number of hydrogen-bond acceptors (Lipinski definition) is 6. The summed E-state index contributed by atoms with van der Waals surface area (Å²) in [5.74, 6) is 0.492. The van der Waals surface area contributed by atoms with E-state index in [1.165, 1.54) is 18.4 Å². The van der Waals surface area contributed by atoms with Crippen molar-refractivity contribution in [2.24, 2.45) is 11.7 Å². The molecular weight excluding hydrogens is 517 g/mol. The van der Waals surface area contributed by atoms with Gasteiger partial charge in [-0.3, -0.25) is 4.90 Å². The molecule has 1 aliphatic carbocycles. The lowest BCUT2D eigenvalue weighted by Crippen LogP contribution is -2.46. The fourth-order valence-corrected chi connectivity index (χ4v) is 6.23. The van der Waals surface area contributed by atoms with E-state index in [1.807, 2.05) is 13.0 Å². The number of allylic oxidation sites excluding steroid dienone is 1. The highest BCUT2D eigenvalue weighted by atomic mass is 35.5. The molecule has 3 heterocycles. The van der Waals surface area contributed by atoms with Crippen molar-refractivity contribution in [1.29, 1.82) is 5.26 Å². The van der Waals surface area contributed by atoms with Crippen LogP contribution in [-0.4, -0.2) is 49.8 Å². The Kier molecular flexibility index (Phi) is 8.23. The van der Waals surface area contributed by atoms with E-state index in [1.54, 1.807) is 23.0 Å². The lowest BCUT2D eigenvalue weighted by molar-refractivity contribution is 0.135. The Hall–Kier alpha value is -2.21. The zero-order chi connectivity index (χ0) is 24.7. The average Bonchev–Trinajstić information content (AvgIpc) is 3.47. The predicted octanol–water partition coefficient (Wildman–Crippen LogP) is 5.64. The molecule has 2 aliphatic rings. The third-order valence-electron chi connectivity index (χ3n) is 7.54. The molecule has 2 aromatic heterocycles. The number of nitrogens with zero attached hydrogens (tertiary/aromatic N) is 6. The Morgan fingerprint density at radius 3 is 2.81 bits per heavy atom. The molecule has 0 bridgehead atoms. The summed E-state index contributed by atoms with van der Waals surface area (Å²) in [6, 6.07) is 8.30. The topological polar surface area (TPSA) is 96.6 Å². The maximum absolute atomic E-state index is 9.66. The molecule has 1 aliphatic heterocycles. The number of fused-ring (bicyclic) bond motifs is 1. The first kappa shape index (κ1) is 26.8. The molecule has 10 heteroatoms. The Bertz CT molecular complexity index is 1330. The number of hydrogen-bond donors (Lipinski definition) is 1. The maximum atomic E-state index is 9.66. The molecule has 5 rings (SSSR count). The minimum absolute atomic E-state index is 0.